The third kappa shape index (κ3) is 2.22. The number of aldehydes is 1. The Hall–Kier alpha value is -1.42. The molecule has 1 aromatic heterocycles. The van der Waals surface area contributed by atoms with E-state index < -0.39 is 5.60 Å². The van der Waals surface area contributed by atoms with Gasteiger partial charge >= 0.3 is 0 Å². The van der Waals surface area contributed by atoms with Crippen LogP contribution in [-0.4, -0.2) is 35.1 Å². The van der Waals surface area contributed by atoms with Crippen LogP contribution >= 0.6 is 0 Å². The Morgan fingerprint density at radius 1 is 1.62 bits per heavy atom. The number of anilines is 1. The fraction of sp³-hybridized carbons (Fsp3) is 0.500. The highest BCUT2D eigenvalue weighted by Gasteiger charge is 2.29. The topological polar surface area (TPSA) is 53.4 Å². The third-order valence-corrected chi connectivity index (χ3v) is 2.92. The van der Waals surface area contributed by atoms with Crippen molar-refractivity contribution in [3.05, 3.63) is 23.9 Å². The van der Waals surface area contributed by atoms with Crippen LogP contribution in [0.4, 0.5) is 5.82 Å². The zero-order valence-corrected chi connectivity index (χ0v) is 9.39. The molecule has 0 aliphatic carbocycles. The van der Waals surface area contributed by atoms with Gasteiger partial charge in [-0.3, -0.25) is 4.79 Å². The SMILES string of the molecule is CC1(O)CCCN(c2ncccc2C=O)C1. The summed E-state index contributed by atoms with van der Waals surface area (Å²) in [6.07, 6.45) is 4.20. The van der Waals surface area contributed by atoms with Gasteiger partial charge in [-0.25, -0.2) is 4.98 Å². The van der Waals surface area contributed by atoms with E-state index in [0.29, 0.717) is 17.9 Å². The van der Waals surface area contributed by atoms with Crippen molar-refractivity contribution < 1.29 is 9.90 Å². The van der Waals surface area contributed by atoms with Gasteiger partial charge in [-0.15, -0.1) is 0 Å². The Morgan fingerprint density at radius 3 is 3.12 bits per heavy atom. The van der Waals surface area contributed by atoms with Crippen LogP contribution in [0.5, 0.6) is 0 Å². The van der Waals surface area contributed by atoms with Crippen molar-refractivity contribution in [3.8, 4) is 0 Å². The summed E-state index contributed by atoms with van der Waals surface area (Å²) in [4.78, 5) is 17.1. The van der Waals surface area contributed by atoms with E-state index in [9.17, 15) is 9.90 Å². The lowest BCUT2D eigenvalue weighted by Gasteiger charge is -2.37. The van der Waals surface area contributed by atoms with E-state index in [4.69, 9.17) is 0 Å². The van der Waals surface area contributed by atoms with Crippen LogP contribution in [0.15, 0.2) is 18.3 Å². The molecule has 1 aromatic rings. The van der Waals surface area contributed by atoms with Gasteiger partial charge in [0, 0.05) is 19.3 Å². The Morgan fingerprint density at radius 2 is 2.44 bits per heavy atom. The Bertz CT molecular complexity index is 390. The van der Waals surface area contributed by atoms with Gasteiger partial charge in [0.05, 0.1) is 11.2 Å². The van der Waals surface area contributed by atoms with Crippen molar-refractivity contribution in [3.63, 3.8) is 0 Å². The average molecular weight is 220 g/mol. The quantitative estimate of drug-likeness (QED) is 0.762. The van der Waals surface area contributed by atoms with Crippen molar-refractivity contribution in [2.75, 3.05) is 18.0 Å². The Labute approximate surface area is 94.9 Å². The number of piperidine rings is 1. The predicted octanol–water partition coefficient (Wildman–Crippen LogP) is 1.25. The number of pyridine rings is 1. The van der Waals surface area contributed by atoms with E-state index in [0.717, 1.165) is 25.7 Å². The van der Waals surface area contributed by atoms with E-state index in [1.54, 1.807) is 18.3 Å². The van der Waals surface area contributed by atoms with E-state index >= 15 is 0 Å². The number of hydrogen-bond acceptors (Lipinski definition) is 4. The number of β-amino-alcohol motifs (C(OH)–C–C–N with tert-alkyl or cyclic N) is 1. The first-order valence-electron chi connectivity index (χ1n) is 5.50. The second-order valence-electron chi connectivity index (χ2n) is 4.56. The zero-order valence-electron chi connectivity index (χ0n) is 9.39. The molecule has 0 aromatic carbocycles. The highest BCUT2D eigenvalue weighted by Crippen LogP contribution is 2.25. The first-order valence-corrected chi connectivity index (χ1v) is 5.50. The lowest BCUT2D eigenvalue weighted by atomic mass is 9.95. The molecule has 2 rings (SSSR count). The first kappa shape index (κ1) is 11.1. The van der Waals surface area contributed by atoms with Gasteiger partial charge in [0.2, 0.25) is 0 Å². The van der Waals surface area contributed by atoms with Crippen molar-refractivity contribution in [1.82, 2.24) is 4.98 Å². The zero-order chi connectivity index (χ0) is 11.6. The number of hydrogen-bond donors (Lipinski definition) is 1. The lowest BCUT2D eigenvalue weighted by molar-refractivity contribution is 0.0446. The molecule has 0 spiro atoms. The van der Waals surface area contributed by atoms with Crippen molar-refractivity contribution >= 4 is 12.1 Å². The molecule has 1 aliphatic rings. The fourth-order valence-electron chi connectivity index (χ4n) is 2.17. The highest BCUT2D eigenvalue weighted by molar-refractivity contribution is 5.82. The van der Waals surface area contributed by atoms with Crippen LogP contribution in [0.2, 0.25) is 0 Å². The summed E-state index contributed by atoms with van der Waals surface area (Å²) in [6.45, 7) is 3.20. The Kier molecular flexibility index (Phi) is 2.92. The van der Waals surface area contributed by atoms with Crippen LogP contribution < -0.4 is 4.90 Å². The van der Waals surface area contributed by atoms with Gasteiger partial charge in [-0.2, -0.15) is 0 Å². The highest BCUT2D eigenvalue weighted by atomic mass is 16.3. The largest absolute Gasteiger partial charge is 0.388 e. The standard InChI is InChI=1S/C12H16N2O2/c1-12(16)5-3-7-14(9-12)11-10(8-15)4-2-6-13-11/h2,4,6,8,16H,3,5,7,9H2,1H3. The molecular formula is C12H16N2O2. The molecule has 86 valence electrons. The van der Waals surface area contributed by atoms with Crippen molar-refractivity contribution in [2.24, 2.45) is 0 Å². The normalized spacial score (nSPS) is 25.5. The number of carbonyl (C=O) groups excluding carboxylic acids is 1. The monoisotopic (exact) mass is 220 g/mol. The number of nitrogens with zero attached hydrogens (tertiary/aromatic N) is 2. The van der Waals surface area contributed by atoms with Crippen LogP contribution in [0.25, 0.3) is 0 Å². The molecule has 4 nitrogen and oxygen atoms in total. The van der Waals surface area contributed by atoms with Crippen molar-refractivity contribution in [2.45, 2.75) is 25.4 Å². The second-order valence-corrected chi connectivity index (χ2v) is 4.56. The van der Waals surface area contributed by atoms with Gasteiger partial charge < -0.3 is 10.0 Å². The van der Waals surface area contributed by atoms with Gasteiger partial charge in [-0.1, -0.05) is 0 Å². The number of rotatable bonds is 2. The molecule has 4 heteroatoms. The maximum Gasteiger partial charge on any atom is 0.153 e. The minimum atomic E-state index is -0.685. The molecule has 2 heterocycles. The van der Waals surface area contributed by atoms with Gasteiger partial charge in [0.25, 0.3) is 0 Å². The van der Waals surface area contributed by atoms with Crippen molar-refractivity contribution in [1.29, 1.82) is 0 Å². The number of aliphatic hydroxyl groups is 1. The second kappa shape index (κ2) is 4.22. The molecule has 1 aliphatic heterocycles. The first-order chi connectivity index (χ1) is 7.62. The van der Waals surface area contributed by atoms with E-state index in [2.05, 4.69) is 4.98 Å². The third-order valence-electron chi connectivity index (χ3n) is 2.92. The molecular weight excluding hydrogens is 204 g/mol. The molecule has 1 unspecified atom stereocenters. The molecule has 0 bridgehead atoms. The minimum absolute atomic E-state index is 0.533. The summed E-state index contributed by atoms with van der Waals surface area (Å²) >= 11 is 0. The molecule has 16 heavy (non-hydrogen) atoms. The molecule has 0 radical (unpaired) electrons. The summed E-state index contributed by atoms with van der Waals surface area (Å²) in [5.41, 5.74) is -0.101. The summed E-state index contributed by atoms with van der Waals surface area (Å²) in [7, 11) is 0. The van der Waals surface area contributed by atoms with Gasteiger partial charge in [0.1, 0.15) is 5.82 Å². The predicted molar refractivity (Wildman–Crippen MR) is 61.7 cm³/mol. The molecule has 1 atom stereocenters. The summed E-state index contributed by atoms with van der Waals surface area (Å²) in [6, 6.07) is 3.49. The average Bonchev–Trinajstić information content (AvgIpc) is 2.27. The molecule has 1 N–H and O–H groups in total. The summed E-state index contributed by atoms with van der Waals surface area (Å²) in [5, 5.41) is 10.0. The Balaban J connectivity index is 2.26. The molecule has 1 saturated heterocycles. The maximum absolute atomic E-state index is 10.9. The lowest BCUT2D eigenvalue weighted by Crippen LogP contribution is -2.46. The van der Waals surface area contributed by atoms with Crippen LogP contribution in [0.3, 0.4) is 0 Å². The van der Waals surface area contributed by atoms with Crippen LogP contribution in [0.1, 0.15) is 30.1 Å². The van der Waals surface area contributed by atoms with Crippen LogP contribution in [-0.2, 0) is 0 Å². The van der Waals surface area contributed by atoms with E-state index in [1.807, 2.05) is 11.8 Å². The van der Waals surface area contributed by atoms with E-state index in [1.165, 1.54) is 0 Å². The number of carbonyl (C=O) groups is 1. The van der Waals surface area contributed by atoms with Crippen LogP contribution in [0, 0.1) is 0 Å². The number of aromatic nitrogens is 1. The maximum atomic E-state index is 10.9. The fourth-order valence-corrected chi connectivity index (χ4v) is 2.17. The van der Waals surface area contributed by atoms with E-state index in [-0.39, 0.29) is 0 Å². The molecule has 1 fully saturated rings. The summed E-state index contributed by atoms with van der Waals surface area (Å²) in [5.74, 6) is 0.678. The molecule has 0 amide bonds. The van der Waals surface area contributed by atoms with Gasteiger partial charge in [0.15, 0.2) is 6.29 Å². The minimum Gasteiger partial charge on any atom is -0.388 e. The molecule has 0 saturated carbocycles. The van der Waals surface area contributed by atoms with Gasteiger partial charge in [-0.05, 0) is 31.9 Å². The smallest absolute Gasteiger partial charge is 0.153 e. The summed E-state index contributed by atoms with van der Waals surface area (Å²) < 4.78 is 0.